The fourth-order valence-corrected chi connectivity index (χ4v) is 0.394. The number of hydrogen-bond donors (Lipinski definition) is 1. The first kappa shape index (κ1) is 14.1. The van der Waals surface area contributed by atoms with Crippen molar-refractivity contribution >= 4 is 0 Å². The summed E-state index contributed by atoms with van der Waals surface area (Å²) in [6, 6.07) is 0. The molecule has 0 aromatic heterocycles. The monoisotopic (exact) mass is 248 g/mol. The van der Waals surface area contributed by atoms with Crippen molar-refractivity contribution < 1.29 is 44.6 Å². The number of hydrogen-bond acceptors (Lipinski definition) is 1. The van der Waals surface area contributed by atoms with Gasteiger partial charge in [0.15, 0.2) is 0 Å². The van der Waals surface area contributed by atoms with E-state index < -0.39 is 29.9 Å². The molecule has 0 fully saturated rings. The van der Waals surface area contributed by atoms with E-state index in [0.717, 1.165) is 0 Å². The Hall–Kier alpha value is -0.930. The predicted octanol–water partition coefficient (Wildman–Crippen LogP) is 2.92. The van der Waals surface area contributed by atoms with Crippen LogP contribution in [0.4, 0.5) is 39.5 Å². The molecule has 0 rings (SSSR count). The summed E-state index contributed by atoms with van der Waals surface area (Å²) in [7, 11) is 0. The Labute approximate surface area is 75.8 Å². The van der Waals surface area contributed by atoms with E-state index in [4.69, 9.17) is 5.11 Å². The van der Waals surface area contributed by atoms with Gasteiger partial charge in [-0.1, -0.05) is 0 Å². The van der Waals surface area contributed by atoms with Crippen LogP contribution in [0.2, 0.25) is 0 Å². The van der Waals surface area contributed by atoms with Crippen LogP contribution < -0.4 is 0 Å². The number of halogens is 9. The fourth-order valence-electron chi connectivity index (χ4n) is 0.394. The Morgan fingerprint density at radius 3 is 1.27 bits per heavy atom. The van der Waals surface area contributed by atoms with Crippen molar-refractivity contribution in [1.82, 2.24) is 0 Å². The zero-order valence-corrected chi connectivity index (χ0v) is 6.35. The molecule has 0 aliphatic carbocycles. The van der Waals surface area contributed by atoms with E-state index in [1.165, 1.54) is 0 Å². The van der Waals surface area contributed by atoms with Gasteiger partial charge in [0, 0.05) is 0 Å². The molecule has 0 aromatic rings. The molecule has 0 bridgehead atoms. The van der Waals surface area contributed by atoms with Crippen molar-refractivity contribution in [2.24, 2.45) is 0 Å². The lowest BCUT2D eigenvalue weighted by atomic mass is 10.2. The Kier molecular flexibility index (Phi) is 3.36. The van der Waals surface area contributed by atoms with Gasteiger partial charge in [-0.15, -0.1) is 0 Å². The summed E-state index contributed by atoms with van der Waals surface area (Å²) in [5, 5.41) is 7.34. The molecule has 0 aromatic carbocycles. The standard InChI is InChI=1S/C5HF9O/c6-1(2(7)4(10,11)12)3(8,9)5(13,14)15/h15H. The van der Waals surface area contributed by atoms with Gasteiger partial charge in [0.2, 0.25) is 11.7 Å². The van der Waals surface area contributed by atoms with Crippen molar-refractivity contribution in [2.45, 2.75) is 18.2 Å². The Morgan fingerprint density at radius 2 is 1.07 bits per heavy atom. The van der Waals surface area contributed by atoms with Crippen LogP contribution in [-0.2, 0) is 0 Å². The van der Waals surface area contributed by atoms with E-state index in [1.54, 1.807) is 0 Å². The molecule has 0 atom stereocenters. The molecule has 0 heterocycles. The zero-order chi connectivity index (χ0) is 12.7. The van der Waals surface area contributed by atoms with Gasteiger partial charge in [-0.2, -0.15) is 35.1 Å². The summed E-state index contributed by atoms with van der Waals surface area (Å²) in [6.45, 7) is 0. The van der Waals surface area contributed by atoms with Crippen LogP contribution in [0.25, 0.3) is 0 Å². The maximum absolute atomic E-state index is 12.0. The van der Waals surface area contributed by atoms with E-state index in [9.17, 15) is 39.5 Å². The highest BCUT2D eigenvalue weighted by Gasteiger charge is 2.62. The highest BCUT2D eigenvalue weighted by molar-refractivity contribution is 5.15. The average molecular weight is 248 g/mol. The minimum Gasteiger partial charge on any atom is -0.331 e. The van der Waals surface area contributed by atoms with Gasteiger partial charge >= 0.3 is 18.2 Å². The molecule has 90 valence electrons. The van der Waals surface area contributed by atoms with Gasteiger partial charge in [-0.25, -0.2) is 4.39 Å². The Morgan fingerprint density at radius 1 is 0.733 bits per heavy atom. The van der Waals surface area contributed by atoms with Crippen LogP contribution in [0, 0.1) is 0 Å². The van der Waals surface area contributed by atoms with Crippen LogP contribution in [0.3, 0.4) is 0 Å². The van der Waals surface area contributed by atoms with Crippen LogP contribution in [0.5, 0.6) is 0 Å². The third kappa shape index (κ3) is 2.76. The topological polar surface area (TPSA) is 20.2 Å². The minimum atomic E-state index is -6.29. The first-order chi connectivity index (χ1) is 6.32. The van der Waals surface area contributed by atoms with Gasteiger partial charge in [-0.05, 0) is 0 Å². The van der Waals surface area contributed by atoms with E-state index in [2.05, 4.69) is 0 Å². The van der Waals surface area contributed by atoms with E-state index in [1.807, 2.05) is 0 Å². The lowest BCUT2D eigenvalue weighted by Crippen LogP contribution is -2.41. The fraction of sp³-hybridized carbons (Fsp3) is 0.600. The van der Waals surface area contributed by atoms with Crippen molar-refractivity contribution in [2.75, 3.05) is 0 Å². The second kappa shape index (κ2) is 3.58. The minimum absolute atomic E-state index is 4.03. The molecule has 0 spiro atoms. The molecular weight excluding hydrogens is 247 g/mol. The smallest absolute Gasteiger partial charge is 0.331 e. The number of aliphatic hydroxyl groups is 1. The van der Waals surface area contributed by atoms with Crippen LogP contribution in [-0.4, -0.2) is 23.3 Å². The third-order valence-corrected chi connectivity index (χ3v) is 1.10. The van der Waals surface area contributed by atoms with Crippen molar-refractivity contribution in [3.63, 3.8) is 0 Å². The highest BCUT2D eigenvalue weighted by Crippen LogP contribution is 2.43. The molecular formula is C5HF9O. The van der Waals surface area contributed by atoms with Crippen LogP contribution >= 0.6 is 0 Å². The summed E-state index contributed by atoms with van der Waals surface area (Å²) in [4.78, 5) is 0. The molecule has 0 aliphatic rings. The molecule has 15 heavy (non-hydrogen) atoms. The second-order valence-electron chi connectivity index (χ2n) is 2.24. The van der Waals surface area contributed by atoms with Gasteiger partial charge < -0.3 is 5.11 Å². The zero-order valence-electron chi connectivity index (χ0n) is 6.35. The normalized spacial score (nSPS) is 16.4. The van der Waals surface area contributed by atoms with Crippen LogP contribution in [0.1, 0.15) is 0 Å². The second-order valence-corrected chi connectivity index (χ2v) is 2.24. The summed E-state index contributed by atoms with van der Waals surface area (Å²) < 4.78 is 104. The number of rotatable bonds is 2. The summed E-state index contributed by atoms with van der Waals surface area (Å²) in [6.07, 6.45) is -12.3. The summed E-state index contributed by atoms with van der Waals surface area (Å²) >= 11 is 0. The Balaban J connectivity index is 5.44. The molecule has 1 N–H and O–H groups in total. The van der Waals surface area contributed by atoms with Gasteiger partial charge in [0.1, 0.15) is 0 Å². The molecule has 0 unspecified atom stereocenters. The first-order valence-corrected chi connectivity index (χ1v) is 2.92. The summed E-state index contributed by atoms with van der Waals surface area (Å²) in [5.41, 5.74) is 0. The van der Waals surface area contributed by atoms with Crippen molar-refractivity contribution in [3.8, 4) is 0 Å². The highest BCUT2D eigenvalue weighted by atomic mass is 19.4. The predicted molar refractivity (Wildman–Crippen MR) is 27.4 cm³/mol. The number of alkyl halides is 7. The lowest BCUT2D eigenvalue weighted by molar-refractivity contribution is -0.316. The van der Waals surface area contributed by atoms with Crippen molar-refractivity contribution in [3.05, 3.63) is 11.7 Å². The molecule has 10 heteroatoms. The SMILES string of the molecule is OC(F)(F)C(F)(F)C(F)=C(F)C(F)(F)F. The Bertz CT molecular complexity index is 269. The van der Waals surface area contributed by atoms with Gasteiger partial charge in [0.05, 0.1) is 0 Å². The summed E-state index contributed by atoms with van der Waals surface area (Å²) in [5.74, 6) is -14.4. The van der Waals surface area contributed by atoms with E-state index in [0.29, 0.717) is 0 Å². The molecule has 0 radical (unpaired) electrons. The average Bonchev–Trinajstić information content (AvgIpc) is 1.97. The molecule has 0 amide bonds. The van der Waals surface area contributed by atoms with E-state index in [-0.39, 0.29) is 0 Å². The van der Waals surface area contributed by atoms with Gasteiger partial charge in [0.25, 0.3) is 0 Å². The molecule has 0 aliphatic heterocycles. The maximum atomic E-state index is 12.0. The quantitative estimate of drug-likeness (QED) is 0.745. The largest absolute Gasteiger partial charge is 0.445 e. The van der Waals surface area contributed by atoms with Crippen LogP contribution in [0.15, 0.2) is 11.7 Å². The number of allylic oxidation sites excluding steroid dienone is 1. The van der Waals surface area contributed by atoms with Gasteiger partial charge in [-0.3, -0.25) is 0 Å². The first-order valence-electron chi connectivity index (χ1n) is 2.92. The molecule has 1 nitrogen and oxygen atoms in total. The van der Waals surface area contributed by atoms with E-state index >= 15 is 0 Å². The maximum Gasteiger partial charge on any atom is 0.445 e. The third-order valence-electron chi connectivity index (χ3n) is 1.10. The van der Waals surface area contributed by atoms with Crippen molar-refractivity contribution in [1.29, 1.82) is 0 Å². The molecule has 0 saturated heterocycles. The lowest BCUT2D eigenvalue weighted by Gasteiger charge is -2.20. The molecule has 0 saturated carbocycles.